The Bertz CT molecular complexity index is 667. The van der Waals surface area contributed by atoms with Gasteiger partial charge in [0.05, 0.1) is 25.6 Å². The molecule has 0 aliphatic carbocycles. The highest BCUT2D eigenvalue weighted by Gasteiger charge is 2.59. The number of esters is 2. The third-order valence-corrected chi connectivity index (χ3v) is 6.61. The van der Waals surface area contributed by atoms with Gasteiger partial charge in [-0.25, -0.2) is 4.79 Å². The first-order valence-corrected chi connectivity index (χ1v) is 9.05. The lowest BCUT2D eigenvalue weighted by atomic mass is 9.76. The molecule has 2 saturated heterocycles. The number of aliphatic hydroxyl groups is 2. The molecule has 26 heavy (non-hydrogen) atoms. The number of cyclic esters (lactones) is 1. The van der Waals surface area contributed by atoms with Crippen LogP contribution in [0.4, 0.5) is 0 Å². The van der Waals surface area contributed by atoms with Gasteiger partial charge in [0, 0.05) is 12.0 Å². The van der Waals surface area contributed by atoms with Crippen molar-refractivity contribution in [3.8, 4) is 0 Å². The molecule has 3 aliphatic rings. The zero-order valence-electron chi connectivity index (χ0n) is 15.6. The van der Waals surface area contributed by atoms with Crippen LogP contribution < -0.4 is 0 Å². The van der Waals surface area contributed by atoms with Crippen LogP contribution in [-0.2, 0) is 19.1 Å². The van der Waals surface area contributed by atoms with Crippen LogP contribution in [0.3, 0.4) is 0 Å². The number of quaternary nitrogens is 1. The molecule has 1 unspecified atom stereocenters. The minimum absolute atomic E-state index is 0.00923. The van der Waals surface area contributed by atoms with E-state index < -0.39 is 29.1 Å². The first kappa shape index (κ1) is 19.1. The number of ether oxygens (including phenoxy) is 2. The Balaban J connectivity index is 1.99. The lowest BCUT2D eigenvalue weighted by Crippen LogP contribution is -2.61. The Morgan fingerprint density at radius 3 is 2.73 bits per heavy atom. The summed E-state index contributed by atoms with van der Waals surface area (Å²) >= 11 is 0. The fraction of sp³-hybridized carbons (Fsp3) is 0.684. The molecular formula is C19H28NO6+. The average molecular weight is 366 g/mol. The summed E-state index contributed by atoms with van der Waals surface area (Å²) in [7, 11) is 0. The molecule has 7 nitrogen and oxygen atoms in total. The number of nitrogens with zero attached hydrogens (tertiary/aromatic N) is 1. The molecule has 0 aromatic carbocycles. The van der Waals surface area contributed by atoms with Crippen molar-refractivity contribution in [3.63, 3.8) is 0 Å². The maximum Gasteiger partial charge on any atom is 0.341 e. The van der Waals surface area contributed by atoms with E-state index in [-0.39, 0.29) is 18.8 Å². The molecular weight excluding hydrogens is 338 g/mol. The maximum atomic E-state index is 12.7. The lowest BCUT2D eigenvalue weighted by molar-refractivity contribution is -0.920. The predicted molar refractivity (Wildman–Crippen MR) is 92.8 cm³/mol. The number of carbonyl (C=O) groups excluding carboxylic acids is 2. The molecule has 3 heterocycles. The van der Waals surface area contributed by atoms with Crippen LogP contribution in [0.2, 0.25) is 0 Å². The van der Waals surface area contributed by atoms with E-state index in [9.17, 15) is 19.8 Å². The van der Waals surface area contributed by atoms with Gasteiger partial charge in [-0.2, -0.15) is 0 Å². The van der Waals surface area contributed by atoms with E-state index >= 15 is 0 Å². The molecule has 2 fully saturated rings. The Morgan fingerprint density at radius 1 is 1.38 bits per heavy atom. The van der Waals surface area contributed by atoms with Crippen molar-refractivity contribution < 1.29 is 33.8 Å². The number of hydrogen-bond acceptors (Lipinski definition) is 6. The molecule has 0 aromatic heterocycles. The summed E-state index contributed by atoms with van der Waals surface area (Å²) in [5, 5.41) is 21.4. The lowest BCUT2D eigenvalue weighted by Gasteiger charge is -2.39. The van der Waals surface area contributed by atoms with Crippen molar-refractivity contribution in [3.05, 3.63) is 24.3 Å². The second-order valence-corrected chi connectivity index (χ2v) is 8.10. The Morgan fingerprint density at radius 2 is 2.08 bits per heavy atom. The third-order valence-electron chi connectivity index (χ3n) is 6.61. The molecule has 3 aliphatic heterocycles. The average Bonchev–Trinajstić information content (AvgIpc) is 3.09. The molecule has 7 heteroatoms. The molecule has 0 bridgehead atoms. The molecule has 0 radical (unpaired) electrons. The van der Waals surface area contributed by atoms with Gasteiger partial charge in [-0.05, 0) is 32.9 Å². The largest absolute Gasteiger partial charge is 0.459 e. The van der Waals surface area contributed by atoms with Gasteiger partial charge in [-0.1, -0.05) is 6.58 Å². The standard InChI is InChI=1S/C19H28NO6/c1-5-8-20-9-6-13-11-25-17(22)19(4,24)18(3,23)12(2)16(21)26-14(7-10-20)15(13)20/h5-6,12,14-15,23-24H,1,7-11H2,2-4H3/q+1/t12-,14-,15+,18-,19+,20?/m0/s1. The smallest absolute Gasteiger partial charge is 0.341 e. The minimum Gasteiger partial charge on any atom is -0.459 e. The fourth-order valence-corrected chi connectivity index (χ4v) is 4.45. The molecule has 0 aromatic rings. The van der Waals surface area contributed by atoms with Gasteiger partial charge in [0.25, 0.3) is 0 Å². The van der Waals surface area contributed by atoms with Gasteiger partial charge < -0.3 is 24.2 Å². The first-order chi connectivity index (χ1) is 12.1. The highest BCUT2D eigenvalue weighted by Crippen LogP contribution is 2.41. The van der Waals surface area contributed by atoms with E-state index in [1.165, 1.54) is 20.8 Å². The van der Waals surface area contributed by atoms with Crippen LogP contribution in [0.1, 0.15) is 27.2 Å². The third kappa shape index (κ3) is 2.61. The summed E-state index contributed by atoms with van der Waals surface area (Å²) in [6, 6.07) is -0.0926. The molecule has 0 spiro atoms. The quantitative estimate of drug-likeness (QED) is 0.415. The van der Waals surface area contributed by atoms with Gasteiger partial charge in [0.2, 0.25) is 0 Å². The normalized spacial score (nSPS) is 45.9. The molecule has 6 atom stereocenters. The van der Waals surface area contributed by atoms with Crippen molar-refractivity contribution in [2.75, 3.05) is 26.2 Å². The Hall–Kier alpha value is -1.70. The summed E-state index contributed by atoms with van der Waals surface area (Å²) in [4.78, 5) is 25.2. The highest BCUT2D eigenvalue weighted by atomic mass is 16.6. The van der Waals surface area contributed by atoms with Crippen LogP contribution in [0.5, 0.6) is 0 Å². The summed E-state index contributed by atoms with van der Waals surface area (Å²) < 4.78 is 11.8. The van der Waals surface area contributed by atoms with Gasteiger partial charge in [0.1, 0.15) is 12.2 Å². The maximum absolute atomic E-state index is 12.7. The van der Waals surface area contributed by atoms with Crippen molar-refractivity contribution >= 4 is 11.9 Å². The van der Waals surface area contributed by atoms with Crippen LogP contribution in [0.15, 0.2) is 24.3 Å². The van der Waals surface area contributed by atoms with Crippen molar-refractivity contribution in [1.29, 1.82) is 0 Å². The van der Waals surface area contributed by atoms with E-state index in [0.29, 0.717) is 10.9 Å². The zero-order valence-corrected chi connectivity index (χ0v) is 15.6. The summed E-state index contributed by atoms with van der Waals surface area (Å²) in [5.41, 5.74) is -3.38. The number of carbonyl (C=O) groups is 2. The van der Waals surface area contributed by atoms with Gasteiger partial charge >= 0.3 is 11.9 Å². The van der Waals surface area contributed by atoms with Crippen LogP contribution in [0, 0.1) is 5.92 Å². The SMILES string of the molecule is C=CC[N+]12CC=C3COC(=O)[C@@](C)(O)[C@@](C)(O)[C@@H](C)C(=O)O[C@@H](CC1)[C@@H]32. The van der Waals surface area contributed by atoms with Crippen molar-refractivity contribution in [1.82, 2.24) is 0 Å². The van der Waals surface area contributed by atoms with Crippen molar-refractivity contribution in [2.45, 2.75) is 50.5 Å². The predicted octanol–water partition coefficient (Wildman–Crippen LogP) is 0.308. The number of hydrogen-bond donors (Lipinski definition) is 2. The van der Waals surface area contributed by atoms with Gasteiger partial charge in [-0.15, -0.1) is 0 Å². The molecule has 3 rings (SSSR count). The topological polar surface area (TPSA) is 93.1 Å². The van der Waals surface area contributed by atoms with E-state index in [2.05, 4.69) is 6.58 Å². The molecule has 0 saturated carbocycles. The summed E-state index contributed by atoms with van der Waals surface area (Å²) in [6.07, 6.45) is 4.23. The zero-order chi connectivity index (χ0) is 19.3. The van der Waals surface area contributed by atoms with Crippen LogP contribution in [0.25, 0.3) is 0 Å². The second kappa shape index (κ2) is 6.18. The number of rotatable bonds is 2. The molecule has 0 amide bonds. The minimum atomic E-state index is -2.24. The fourth-order valence-electron chi connectivity index (χ4n) is 4.45. The molecule has 144 valence electrons. The van der Waals surface area contributed by atoms with E-state index in [0.717, 1.165) is 25.2 Å². The Kier molecular flexibility index (Phi) is 4.53. The first-order valence-electron chi connectivity index (χ1n) is 9.05. The Labute approximate surface area is 153 Å². The van der Waals surface area contributed by atoms with E-state index in [1.807, 2.05) is 12.2 Å². The monoisotopic (exact) mass is 366 g/mol. The van der Waals surface area contributed by atoms with Crippen molar-refractivity contribution in [2.24, 2.45) is 5.92 Å². The van der Waals surface area contributed by atoms with E-state index in [4.69, 9.17) is 9.47 Å². The van der Waals surface area contributed by atoms with Crippen LogP contribution >= 0.6 is 0 Å². The molecule has 2 N–H and O–H groups in total. The van der Waals surface area contributed by atoms with Gasteiger partial charge in [-0.3, -0.25) is 4.79 Å². The van der Waals surface area contributed by atoms with E-state index in [1.54, 1.807) is 0 Å². The van der Waals surface area contributed by atoms with Crippen LogP contribution in [-0.4, -0.2) is 76.2 Å². The summed E-state index contributed by atoms with van der Waals surface area (Å²) in [6.45, 7) is 10.1. The summed E-state index contributed by atoms with van der Waals surface area (Å²) in [5.74, 6) is -2.67. The second-order valence-electron chi connectivity index (χ2n) is 8.10. The van der Waals surface area contributed by atoms with Gasteiger partial charge in [0.15, 0.2) is 17.7 Å². The highest BCUT2D eigenvalue weighted by molar-refractivity contribution is 5.83.